The van der Waals surface area contributed by atoms with E-state index in [0.717, 1.165) is 25.7 Å². The predicted octanol–water partition coefficient (Wildman–Crippen LogP) is 0.0973. The SMILES string of the molecule is O=C(CCS(=O)(=O)N1CCOCC1)NC1CCCC1. The molecular weight excluding hydrogens is 268 g/mol. The van der Waals surface area contributed by atoms with E-state index in [4.69, 9.17) is 4.74 Å². The molecule has 0 bridgehead atoms. The van der Waals surface area contributed by atoms with E-state index in [2.05, 4.69) is 5.32 Å². The Kier molecular flexibility index (Phi) is 5.18. The van der Waals surface area contributed by atoms with Crippen LogP contribution in [-0.4, -0.2) is 56.7 Å². The smallest absolute Gasteiger partial charge is 0.221 e. The summed E-state index contributed by atoms with van der Waals surface area (Å²) in [7, 11) is -3.32. The minimum absolute atomic E-state index is 0.0518. The fourth-order valence-electron chi connectivity index (χ4n) is 2.55. The summed E-state index contributed by atoms with van der Waals surface area (Å²) >= 11 is 0. The Labute approximate surface area is 114 Å². The van der Waals surface area contributed by atoms with Crippen LogP contribution in [0.3, 0.4) is 0 Å². The number of hydrogen-bond acceptors (Lipinski definition) is 4. The zero-order valence-electron chi connectivity index (χ0n) is 11.1. The summed E-state index contributed by atoms with van der Waals surface area (Å²) in [5, 5.41) is 2.91. The van der Waals surface area contributed by atoms with E-state index in [0.29, 0.717) is 26.3 Å². The monoisotopic (exact) mass is 290 g/mol. The number of rotatable bonds is 5. The first-order valence-corrected chi connectivity index (χ1v) is 8.54. The van der Waals surface area contributed by atoms with Gasteiger partial charge in [0.05, 0.1) is 19.0 Å². The molecular formula is C12H22N2O4S. The summed E-state index contributed by atoms with van der Waals surface area (Å²) in [6.45, 7) is 1.67. The molecule has 0 aromatic heterocycles. The summed E-state index contributed by atoms with van der Waals surface area (Å²) in [4.78, 5) is 11.7. The first-order valence-electron chi connectivity index (χ1n) is 6.93. The molecule has 1 heterocycles. The van der Waals surface area contributed by atoms with E-state index in [-0.39, 0.29) is 24.1 Å². The van der Waals surface area contributed by atoms with Gasteiger partial charge in [0.1, 0.15) is 0 Å². The molecule has 1 saturated carbocycles. The molecule has 110 valence electrons. The van der Waals surface area contributed by atoms with Gasteiger partial charge in [-0.05, 0) is 12.8 Å². The number of carbonyl (C=O) groups excluding carboxylic acids is 1. The molecule has 1 N–H and O–H groups in total. The lowest BCUT2D eigenvalue weighted by atomic mass is 10.2. The fraction of sp³-hybridized carbons (Fsp3) is 0.917. The average molecular weight is 290 g/mol. The normalized spacial score (nSPS) is 22.5. The van der Waals surface area contributed by atoms with Crippen LogP contribution in [0.2, 0.25) is 0 Å². The summed E-state index contributed by atoms with van der Waals surface area (Å²) < 4.78 is 30.6. The van der Waals surface area contributed by atoms with Crippen LogP contribution in [-0.2, 0) is 19.6 Å². The third kappa shape index (κ3) is 4.43. The third-order valence-corrected chi connectivity index (χ3v) is 5.54. The topological polar surface area (TPSA) is 75.7 Å². The van der Waals surface area contributed by atoms with Crippen molar-refractivity contribution in [1.29, 1.82) is 0 Å². The van der Waals surface area contributed by atoms with Gasteiger partial charge in [-0.25, -0.2) is 8.42 Å². The van der Waals surface area contributed by atoms with E-state index >= 15 is 0 Å². The Bertz CT molecular complexity index is 398. The van der Waals surface area contributed by atoms with Crippen LogP contribution >= 0.6 is 0 Å². The molecule has 0 aromatic rings. The number of carbonyl (C=O) groups is 1. The second-order valence-corrected chi connectivity index (χ2v) is 7.21. The molecule has 7 heteroatoms. The molecule has 0 unspecified atom stereocenters. The van der Waals surface area contributed by atoms with Crippen molar-refractivity contribution in [3.63, 3.8) is 0 Å². The third-order valence-electron chi connectivity index (χ3n) is 3.67. The van der Waals surface area contributed by atoms with Crippen molar-refractivity contribution < 1.29 is 17.9 Å². The van der Waals surface area contributed by atoms with Gasteiger partial charge in [0.2, 0.25) is 15.9 Å². The average Bonchev–Trinajstić information content (AvgIpc) is 2.90. The van der Waals surface area contributed by atoms with E-state index in [1.54, 1.807) is 0 Å². The van der Waals surface area contributed by atoms with Gasteiger partial charge in [0.25, 0.3) is 0 Å². The number of amides is 1. The van der Waals surface area contributed by atoms with Gasteiger partial charge in [-0.3, -0.25) is 4.79 Å². The van der Waals surface area contributed by atoms with Crippen LogP contribution in [0.15, 0.2) is 0 Å². The van der Waals surface area contributed by atoms with Gasteiger partial charge in [0.15, 0.2) is 0 Å². The molecule has 1 aliphatic heterocycles. The molecule has 2 rings (SSSR count). The van der Waals surface area contributed by atoms with E-state index in [9.17, 15) is 13.2 Å². The van der Waals surface area contributed by atoms with Gasteiger partial charge in [-0.1, -0.05) is 12.8 Å². The highest BCUT2D eigenvalue weighted by Crippen LogP contribution is 2.17. The van der Waals surface area contributed by atoms with Gasteiger partial charge in [-0.15, -0.1) is 0 Å². The van der Waals surface area contributed by atoms with Crippen LogP contribution in [0.1, 0.15) is 32.1 Å². The Balaban J connectivity index is 1.75. The van der Waals surface area contributed by atoms with Crippen molar-refractivity contribution in [3.05, 3.63) is 0 Å². The van der Waals surface area contributed by atoms with Gasteiger partial charge < -0.3 is 10.1 Å². The van der Waals surface area contributed by atoms with Crippen molar-refractivity contribution in [2.24, 2.45) is 0 Å². The maximum absolute atomic E-state index is 12.0. The quantitative estimate of drug-likeness (QED) is 0.779. The van der Waals surface area contributed by atoms with Crippen molar-refractivity contribution in [2.45, 2.75) is 38.1 Å². The lowest BCUT2D eigenvalue weighted by Gasteiger charge is -2.26. The molecule has 0 spiro atoms. The molecule has 19 heavy (non-hydrogen) atoms. The minimum atomic E-state index is -3.32. The number of sulfonamides is 1. The Morgan fingerprint density at radius 2 is 1.84 bits per heavy atom. The minimum Gasteiger partial charge on any atom is -0.379 e. The van der Waals surface area contributed by atoms with Crippen LogP contribution < -0.4 is 5.32 Å². The zero-order chi connectivity index (χ0) is 13.7. The van der Waals surface area contributed by atoms with Crippen LogP contribution in [0.25, 0.3) is 0 Å². The standard InChI is InChI=1S/C12H22N2O4S/c15-12(13-11-3-1-2-4-11)5-10-19(16,17)14-6-8-18-9-7-14/h11H,1-10H2,(H,13,15). The second-order valence-electron chi connectivity index (χ2n) is 5.13. The lowest BCUT2D eigenvalue weighted by Crippen LogP contribution is -2.43. The molecule has 1 saturated heterocycles. The Morgan fingerprint density at radius 1 is 1.21 bits per heavy atom. The number of ether oxygens (including phenoxy) is 1. The lowest BCUT2D eigenvalue weighted by molar-refractivity contribution is -0.121. The molecule has 0 aromatic carbocycles. The van der Waals surface area contributed by atoms with Crippen molar-refractivity contribution >= 4 is 15.9 Å². The highest BCUT2D eigenvalue weighted by molar-refractivity contribution is 7.89. The molecule has 2 aliphatic rings. The first-order chi connectivity index (χ1) is 9.08. The maximum Gasteiger partial charge on any atom is 0.221 e. The highest BCUT2D eigenvalue weighted by Gasteiger charge is 2.25. The number of hydrogen-bond donors (Lipinski definition) is 1. The first kappa shape index (κ1) is 14.7. The van der Waals surface area contributed by atoms with E-state index in [1.807, 2.05) is 0 Å². The van der Waals surface area contributed by atoms with Crippen molar-refractivity contribution in [3.8, 4) is 0 Å². The molecule has 0 radical (unpaired) electrons. The Morgan fingerprint density at radius 3 is 2.47 bits per heavy atom. The second kappa shape index (κ2) is 6.67. The summed E-state index contributed by atoms with van der Waals surface area (Å²) in [6.07, 6.45) is 4.38. The summed E-state index contributed by atoms with van der Waals surface area (Å²) in [5.74, 6) is -0.255. The van der Waals surface area contributed by atoms with Gasteiger partial charge in [0, 0.05) is 25.6 Å². The number of morpholine rings is 1. The molecule has 2 fully saturated rings. The number of nitrogens with one attached hydrogen (secondary N) is 1. The number of nitrogens with zero attached hydrogens (tertiary/aromatic N) is 1. The van der Waals surface area contributed by atoms with E-state index < -0.39 is 10.0 Å². The molecule has 6 nitrogen and oxygen atoms in total. The van der Waals surface area contributed by atoms with Crippen LogP contribution in [0, 0.1) is 0 Å². The van der Waals surface area contributed by atoms with Crippen LogP contribution in [0.4, 0.5) is 0 Å². The van der Waals surface area contributed by atoms with Gasteiger partial charge >= 0.3 is 0 Å². The fourth-order valence-corrected chi connectivity index (χ4v) is 3.95. The molecule has 1 amide bonds. The maximum atomic E-state index is 12.0. The van der Waals surface area contributed by atoms with Crippen molar-refractivity contribution in [1.82, 2.24) is 9.62 Å². The van der Waals surface area contributed by atoms with Gasteiger partial charge in [-0.2, -0.15) is 4.31 Å². The largest absolute Gasteiger partial charge is 0.379 e. The Hall–Kier alpha value is -0.660. The molecule has 0 atom stereocenters. The highest BCUT2D eigenvalue weighted by atomic mass is 32.2. The predicted molar refractivity (Wildman–Crippen MR) is 71.2 cm³/mol. The molecule has 1 aliphatic carbocycles. The zero-order valence-corrected chi connectivity index (χ0v) is 12.0. The summed E-state index contributed by atoms with van der Waals surface area (Å²) in [6, 6.07) is 0.249. The van der Waals surface area contributed by atoms with Crippen molar-refractivity contribution in [2.75, 3.05) is 32.1 Å². The van der Waals surface area contributed by atoms with E-state index in [1.165, 1.54) is 4.31 Å². The summed E-state index contributed by atoms with van der Waals surface area (Å²) in [5.41, 5.74) is 0. The van der Waals surface area contributed by atoms with Crippen LogP contribution in [0.5, 0.6) is 0 Å².